The summed E-state index contributed by atoms with van der Waals surface area (Å²) in [5.74, 6) is 0.790. The highest BCUT2D eigenvalue weighted by atomic mass is 32.1. The van der Waals surface area contributed by atoms with Crippen molar-refractivity contribution in [1.29, 1.82) is 0 Å². The second-order valence-electron chi connectivity index (χ2n) is 9.36. The predicted molar refractivity (Wildman–Crippen MR) is 149 cm³/mol. The summed E-state index contributed by atoms with van der Waals surface area (Å²) < 4.78 is 14.1. The van der Waals surface area contributed by atoms with E-state index in [2.05, 4.69) is 62.6 Å². The normalized spacial score (nSPS) is 16.7. The molecule has 3 N–H and O–H groups in total. The molecule has 0 spiro atoms. The van der Waals surface area contributed by atoms with Crippen LogP contribution in [0, 0.1) is 0 Å². The molecule has 5 rings (SSSR count). The van der Waals surface area contributed by atoms with Gasteiger partial charge in [0.1, 0.15) is 31.5 Å². The number of nitrogens with one attached hydrogen (secondary N) is 2. The number of aliphatic hydroxyl groups excluding tert-OH is 1. The monoisotopic (exact) mass is 503 g/mol. The van der Waals surface area contributed by atoms with E-state index in [4.69, 9.17) is 21.4 Å². The Kier molecular flexibility index (Phi) is 6.42. The van der Waals surface area contributed by atoms with Gasteiger partial charge in [-0.05, 0) is 60.6 Å². The van der Waals surface area contributed by atoms with E-state index in [1.165, 1.54) is 0 Å². The molecule has 2 atom stereocenters. The molecule has 36 heavy (non-hydrogen) atoms. The third kappa shape index (κ3) is 4.55. The lowest BCUT2D eigenvalue weighted by Crippen LogP contribution is -2.27. The topological polar surface area (TPSA) is 76.2 Å². The quantitative estimate of drug-likeness (QED) is 0.165. The maximum Gasteiger partial charge on any atom is 0.203 e. The maximum absolute atomic E-state index is 10.2. The SMILES string of the molecule is CCNC(=S)Nc1ccc(-c2c3ccc(=[N+](C)C)cc-3oc3cc(N(C)C)ccc23)c(C2OC2O)c1. The molecule has 0 radical (unpaired) electrons. The van der Waals surface area contributed by atoms with Gasteiger partial charge in [-0.25, -0.2) is 4.58 Å². The summed E-state index contributed by atoms with van der Waals surface area (Å²) in [5.41, 5.74) is 6.59. The third-order valence-corrected chi connectivity index (χ3v) is 6.66. The second-order valence-corrected chi connectivity index (χ2v) is 9.77. The Morgan fingerprint density at radius 3 is 2.47 bits per heavy atom. The molecule has 2 aromatic rings. The van der Waals surface area contributed by atoms with E-state index in [1.54, 1.807) is 0 Å². The summed E-state index contributed by atoms with van der Waals surface area (Å²) in [6, 6.07) is 18.6. The number of thiocarbonyl (C=S) groups is 1. The average molecular weight is 504 g/mol. The van der Waals surface area contributed by atoms with E-state index < -0.39 is 12.4 Å². The van der Waals surface area contributed by atoms with Gasteiger partial charge in [-0.2, -0.15) is 0 Å². The largest absolute Gasteiger partial charge is 0.456 e. The van der Waals surface area contributed by atoms with Gasteiger partial charge >= 0.3 is 0 Å². The summed E-state index contributed by atoms with van der Waals surface area (Å²) in [6.45, 7) is 2.73. The number of aliphatic hydroxyl groups is 1. The maximum atomic E-state index is 10.2. The number of epoxide rings is 1. The van der Waals surface area contributed by atoms with E-state index in [1.807, 2.05) is 47.2 Å². The van der Waals surface area contributed by atoms with Crippen molar-refractivity contribution < 1.29 is 14.3 Å². The van der Waals surface area contributed by atoms with E-state index in [0.29, 0.717) is 5.11 Å². The molecule has 8 heteroatoms. The molecule has 1 saturated heterocycles. The molecular formula is C28H31N4O3S+. The minimum atomic E-state index is -0.827. The van der Waals surface area contributed by atoms with Gasteiger partial charge in [0.2, 0.25) is 5.36 Å². The van der Waals surface area contributed by atoms with Crippen LogP contribution in [0.2, 0.25) is 0 Å². The summed E-state index contributed by atoms with van der Waals surface area (Å²) in [4.78, 5) is 2.06. The van der Waals surface area contributed by atoms with Crippen molar-refractivity contribution in [1.82, 2.24) is 9.89 Å². The van der Waals surface area contributed by atoms with Crippen LogP contribution in [0.3, 0.4) is 0 Å². The molecule has 1 aliphatic carbocycles. The van der Waals surface area contributed by atoms with Gasteiger partial charge < -0.3 is 29.8 Å². The lowest BCUT2D eigenvalue weighted by molar-refractivity contribution is 0.156. The zero-order valence-electron chi connectivity index (χ0n) is 21.1. The first kappa shape index (κ1) is 24.2. The lowest BCUT2D eigenvalue weighted by Gasteiger charge is -2.20. The van der Waals surface area contributed by atoms with E-state index >= 15 is 0 Å². The van der Waals surface area contributed by atoms with Crippen LogP contribution >= 0.6 is 12.2 Å². The molecule has 0 amide bonds. The standard InChI is InChI=1S/C28H30N4O3S/c1-6-29-28(36)30-16-7-10-19(22(13-16)26-27(33)35-26)25-20-11-8-17(31(2)3)14-23(20)34-24-15-18(32(4)5)9-12-21(24)25/h7-15,26-27,33H,6H2,1-5H3,(H,29,36)/p+1. The van der Waals surface area contributed by atoms with Crippen LogP contribution in [-0.4, -0.2) is 51.2 Å². The molecule has 7 nitrogen and oxygen atoms in total. The molecule has 0 bridgehead atoms. The van der Waals surface area contributed by atoms with Crippen molar-refractivity contribution in [3.63, 3.8) is 0 Å². The molecule has 3 aliphatic rings. The molecule has 2 aliphatic heterocycles. The minimum absolute atomic E-state index is 0.404. The summed E-state index contributed by atoms with van der Waals surface area (Å²) in [5, 5.41) is 19.2. The van der Waals surface area contributed by atoms with Gasteiger partial charge in [0.05, 0.1) is 6.07 Å². The van der Waals surface area contributed by atoms with Crippen LogP contribution in [0.15, 0.2) is 59.0 Å². The number of rotatable bonds is 5. The van der Waals surface area contributed by atoms with Crippen LogP contribution in [0.4, 0.5) is 11.4 Å². The molecule has 2 aromatic carbocycles. The Bertz CT molecular complexity index is 1510. The Labute approximate surface area is 216 Å². The van der Waals surface area contributed by atoms with Gasteiger partial charge in [-0.3, -0.25) is 0 Å². The number of nitrogens with zero attached hydrogens (tertiary/aromatic N) is 2. The van der Waals surface area contributed by atoms with Crippen LogP contribution in [0.1, 0.15) is 18.6 Å². The number of hydrogen-bond donors (Lipinski definition) is 3. The zero-order valence-corrected chi connectivity index (χ0v) is 21.9. The van der Waals surface area contributed by atoms with Crippen LogP contribution in [0.25, 0.3) is 33.4 Å². The summed E-state index contributed by atoms with van der Waals surface area (Å²) in [6.07, 6.45) is -1.23. The molecule has 186 valence electrons. The van der Waals surface area contributed by atoms with E-state index in [-0.39, 0.29) is 0 Å². The van der Waals surface area contributed by atoms with Crippen molar-refractivity contribution in [2.75, 3.05) is 45.0 Å². The first-order valence-corrected chi connectivity index (χ1v) is 12.4. The number of hydrogen-bond acceptors (Lipinski definition) is 5. The van der Waals surface area contributed by atoms with Gasteiger partial charge in [0.25, 0.3) is 0 Å². The highest BCUT2D eigenvalue weighted by molar-refractivity contribution is 7.80. The third-order valence-electron chi connectivity index (χ3n) is 6.41. The number of fused-ring (bicyclic) bond motifs is 2. The molecular weight excluding hydrogens is 472 g/mol. The fourth-order valence-electron chi connectivity index (χ4n) is 4.49. The Balaban J connectivity index is 1.78. The van der Waals surface area contributed by atoms with Crippen LogP contribution in [0.5, 0.6) is 0 Å². The highest BCUT2D eigenvalue weighted by Crippen LogP contribution is 2.48. The molecule has 0 saturated carbocycles. The lowest BCUT2D eigenvalue weighted by atomic mass is 9.89. The van der Waals surface area contributed by atoms with Gasteiger partial charge in [0, 0.05) is 60.7 Å². The second kappa shape index (κ2) is 9.54. The van der Waals surface area contributed by atoms with Crippen molar-refractivity contribution in [3.05, 3.63) is 65.5 Å². The Morgan fingerprint density at radius 1 is 1.06 bits per heavy atom. The fourth-order valence-corrected chi connectivity index (χ4v) is 4.75. The zero-order chi connectivity index (χ0) is 25.6. The Morgan fingerprint density at radius 2 is 1.81 bits per heavy atom. The van der Waals surface area contributed by atoms with Crippen LogP contribution in [-0.2, 0) is 4.74 Å². The summed E-state index contributed by atoms with van der Waals surface area (Å²) in [7, 11) is 8.06. The van der Waals surface area contributed by atoms with Gasteiger partial charge in [0.15, 0.2) is 11.4 Å². The highest BCUT2D eigenvalue weighted by Gasteiger charge is 2.41. The van der Waals surface area contributed by atoms with Crippen LogP contribution < -0.4 is 25.5 Å². The minimum Gasteiger partial charge on any atom is -0.456 e. The molecule has 2 heterocycles. The van der Waals surface area contributed by atoms with Crippen molar-refractivity contribution in [3.8, 4) is 22.5 Å². The van der Waals surface area contributed by atoms with Crippen molar-refractivity contribution in [2.45, 2.75) is 19.3 Å². The van der Waals surface area contributed by atoms with Gasteiger partial charge in [-0.15, -0.1) is 0 Å². The average Bonchev–Trinajstić information content (AvgIpc) is 3.58. The van der Waals surface area contributed by atoms with Crippen molar-refractivity contribution >= 4 is 39.7 Å². The number of anilines is 2. The van der Waals surface area contributed by atoms with Crippen molar-refractivity contribution in [2.24, 2.45) is 0 Å². The van der Waals surface area contributed by atoms with E-state index in [0.717, 1.165) is 62.3 Å². The van der Waals surface area contributed by atoms with Gasteiger partial charge in [-0.1, -0.05) is 6.07 Å². The first-order chi connectivity index (χ1) is 17.3. The summed E-state index contributed by atoms with van der Waals surface area (Å²) >= 11 is 5.38. The predicted octanol–water partition coefficient (Wildman–Crippen LogP) is 4.00. The molecule has 1 fully saturated rings. The smallest absolute Gasteiger partial charge is 0.203 e. The molecule has 2 unspecified atom stereocenters. The number of ether oxygens (including phenoxy) is 1. The molecule has 0 aromatic heterocycles. The fraction of sp³-hybridized carbons (Fsp3) is 0.286. The Hall–Kier alpha value is -3.46. The number of benzene rings is 3. The van der Waals surface area contributed by atoms with E-state index in [9.17, 15) is 5.11 Å². The first-order valence-electron chi connectivity index (χ1n) is 12.0.